The number of thiazole rings is 1. The molecule has 238 valence electrons. The maximum atomic E-state index is 13.8. The van der Waals surface area contributed by atoms with E-state index in [-0.39, 0.29) is 22.9 Å². The molecule has 0 spiro atoms. The lowest BCUT2D eigenvalue weighted by molar-refractivity contribution is -0.137. The van der Waals surface area contributed by atoms with Gasteiger partial charge in [0, 0.05) is 22.1 Å². The highest BCUT2D eigenvalue weighted by Crippen LogP contribution is 2.39. The second-order valence-electron chi connectivity index (χ2n) is 9.85. The lowest BCUT2D eigenvalue weighted by atomic mass is 9.98. The fourth-order valence-electron chi connectivity index (χ4n) is 4.61. The summed E-state index contributed by atoms with van der Waals surface area (Å²) in [5.41, 5.74) is 7.88. The zero-order valence-corrected chi connectivity index (χ0v) is 25.5. The number of halogens is 3. The summed E-state index contributed by atoms with van der Waals surface area (Å²) in [7, 11) is 4.38. The Labute approximate surface area is 264 Å². The molecule has 0 aliphatic rings. The molecule has 0 saturated carbocycles. The van der Waals surface area contributed by atoms with E-state index in [9.17, 15) is 22.8 Å². The van der Waals surface area contributed by atoms with Crippen molar-refractivity contribution in [3.05, 3.63) is 94.9 Å². The Morgan fingerprint density at radius 2 is 1.70 bits per heavy atom. The molecule has 5 rings (SSSR count). The highest BCUT2D eigenvalue weighted by molar-refractivity contribution is 7.14. The number of ketones is 1. The molecule has 0 radical (unpaired) electrons. The Morgan fingerprint density at radius 3 is 2.28 bits per heavy atom. The van der Waals surface area contributed by atoms with E-state index < -0.39 is 23.7 Å². The molecule has 3 aromatic carbocycles. The first kappa shape index (κ1) is 32.1. The maximum absolute atomic E-state index is 13.8. The van der Waals surface area contributed by atoms with Crippen molar-refractivity contribution in [2.75, 3.05) is 26.6 Å². The number of alkyl halides is 3. The third-order valence-electron chi connectivity index (χ3n) is 6.94. The zero-order chi connectivity index (χ0) is 33.0. The van der Waals surface area contributed by atoms with Crippen molar-refractivity contribution in [3.63, 3.8) is 0 Å². The van der Waals surface area contributed by atoms with Gasteiger partial charge in [-0.1, -0.05) is 18.2 Å². The first-order valence-corrected chi connectivity index (χ1v) is 14.4. The molecule has 0 saturated heterocycles. The molecule has 11 nitrogen and oxygen atoms in total. The standard InChI is InChI=1S/C31H27F3N6O5S/c1-43-25-12-19(13-26(44-2)28(25)45-3)27(41)21-9-6-18(11-24(21)40-16-36-15-37-40)23-14-46-30(38-23)39-29(42)22(35)10-17-4-7-20(8-5-17)31(32,33)34/h4-9,11-16,22H,10,35H2,1-3H3,(H,38,39,42)/t22-/m1/s1. The predicted octanol–water partition coefficient (Wildman–Crippen LogP) is 5.17. The number of hydrogen-bond acceptors (Lipinski definition) is 10. The van der Waals surface area contributed by atoms with Gasteiger partial charge in [-0.25, -0.2) is 14.6 Å². The first-order valence-electron chi connectivity index (χ1n) is 13.5. The van der Waals surface area contributed by atoms with E-state index in [2.05, 4.69) is 20.4 Å². The van der Waals surface area contributed by atoms with E-state index in [0.29, 0.717) is 45.3 Å². The first-order chi connectivity index (χ1) is 22.0. The van der Waals surface area contributed by atoms with Crippen molar-refractivity contribution >= 4 is 28.2 Å². The highest BCUT2D eigenvalue weighted by atomic mass is 32.1. The summed E-state index contributed by atoms with van der Waals surface area (Å²) in [5.74, 6) is 0.0980. The lowest BCUT2D eigenvalue weighted by Gasteiger charge is -2.15. The average Bonchev–Trinajstić information content (AvgIpc) is 3.76. The van der Waals surface area contributed by atoms with Crippen LogP contribution in [0.25, 0.3) is 16.9 Å². The van der Waals surface area contributed by atoms with Crippen molar-refractivity contribution < 1.29 is 37.0 Å². The summed E-state index contributed by atoms with van der Waals surface area (Å²) in [5, 5.41) is 8.85. The fraction of sp³-hybridized carbons (Fsp3) is 0.194. The Balaban J connectivity index is 1.37. The van der Waals surface area contributed by atoms with Crippen LogP contribution < -0.4 is 25.3 Å². The Hall–Kier alpha value is -5.28. The molecule has 46 heavy (non-hydrogen) atoms. The highest BCUT2D eigenvalue weighted by Gasteiger charge is 2.30. The molecule has 15 heteroatoms. The van der Waals surface area contributed by atoms with Crippen LogP contribution in [0.3, 0.4) is 0 Å². The number of carbonyl (C=O) groups excluding carboxylic acids is 2. The van der Waals surface area contributed by atoms with E-state index >= 15 is 0 Å². The van der Waals surface area contributed by atoms with Crippen molar-refractivity contribution in [3.8, 4) is 34.2 Å². The maximum Gasteiger partial charge on any atom is 0.416 e. The summed E-state index contributed by atoms with van der Waals surface area (Å²) < 4.78 is 56.2. The van der Waals surface area contributed by atoms with Crippen LogP contribution in [0.1, 0.15) is 27.0 Å². The number of amides is 1. The number of nitrogens with one attached hydrogen (secondary N) is 1. The van der Waals surface area contributed by atoms with Crippen LogP contribution in [0.15, 0.2) is 72.6 Å². The van der Waals surface area contributed by atoms with Gasteiger partial charge in [0.25, 0.3) is 0 Å². The number of ether oxygens (including phenoxy) is 3. The van der Waals surface area contributed by atoms with Gasteiger partial charge >= 0.3 is 6.18 Å². The van der Waals surface area contributed by atoms with Gasteiger partial charge in [-0.15, -0.1) is 11.3 Å². The molecular weight excluding hydrogens is 625 g/mol. The summed E-state index contributed by atoms with van der Waals surface area (Å²) in [4.78, 5) is 35.1. The zero-order valence-electron chi connectivity index (χ0n) is 24.7. The van der Waals surface area contributed by atoms with E-state index in [1.807, 2.05) is 0 Å². The Morgan fingerprint density at radius 1 is 1.00 bits per heavy atom. The summed E-state index contributed by atoms with van der Waals surface area (Å²) in [6, 6.07) is 11.6. The van der Waals surface area contributed by atoms with Crippen LogP contribution in [0, 0.1) is 0 Å². The molecular formula is C31H27F3N6O5S. The number of carbonyl (C=O) groups is 2. The van der Waals surface area contributed by atoms with E-state index in [1.54, 1.807) is 35.7 Å². The van der Waals surface area contributed by atoms with Crippen LogP contribution >= 0.6 is 11.3 Å². The molecule has 3 N–H and O–H groups in total. The SMILES string of the molecule is COc1cc(C(=O)c2ccc(-c3csc(NC(=O)[C@H](N)Cc4ccc(C(F)(F)F)cc4)n3)cc2-n2cncn2)cc(OC)c1OC. The largest absolute Gasteiger partial charge is 0.493 e. The molecule has 2 aromatic heterocycles. The number of nitrogens with zero attached hydrogens (tertiary/aromatic N) is 4. The van der Waals surface area contributed by atoms with Gasteiger partial charge in [-0.05, 0) is 48.4 Å². The minimum Gasteiger partial charge on any atom is -0.493 e. The van der Waals surface area contributed by atoms with Gasteiger partial charge in [-0.2, -0.15) is 18.3 Å². The van der Waals surface area contributed by atoms with Crippen LogP contribution in [0.5, 0.6) is 17.2 Å². The van der Waals surface area contributed by atoms with E-state index in [4.69, 9.17) is 19.9 Å². The lowest BCUT2D eigenvalue weighted by Crippen LogP contribution is -2.37. The van der Waals surface area contributed by atoms with Gasteiger partial charge in [0.05, 0.1) is 44.3 Å². The summed E-state index contributed by atoms with van der Waals surface area (Å²) in [6.07, 6.45) is -1.63. The van der Waals surface area contributed by atoms with Crippen molar-refractivity contribution in [2.24, 2.45) is 5.73 Å². The number of hydrogen-bond donors (Lipinski definition) is 2. The number of nitrogens with two attached hydrogens (primary N) is 1. The Kier molecular flexibility index (Phi) is 9.34. The fourth-order valence-corrected chi connectivity index (χ4v) is 5.33. The molecule has 0 aliphatic carbocycles. The van der Waals surface area contributed by atoms with Gasteiger partial charge < -0.3 is 25.3 Å². The van der Waals surface area contributed by atoms with Crippen molar-refractivity contribution in [1.82, 2.24) is 19.7 Å². The van der Waals surface area contributed by atoms with Crippen molar-refractivity contribution in [2.45, 2.75) is 18.6 Å². The average molecular weight is 653 g/mol. The van der Waals surface area contributed by atoms with Crippen LogP contribution in [-0.4, -0.2) is 58.8 Å². The molecule has 0 aliphatic heterocycles. The number of methoxy groups -OCH3 is 3. The second kappa shape index (κ2) is 13.4. The number of aromatic nitrogens is 4. The Bertz CT molecular complexity index is 1830. The quantitative estimate of drug-likeness (QED) is 0.185. The monoisotopic (exact) mass is 652 g/mol. The minimum atomic E-state index is -4.45. The molecule has 5 aromatic rings. The van der Waals surface area contributed by atoms with Crippen LogP contribution in [0.2, 0.25) is 0 Å². The molecule has 0 unspecified atom stereocenters. The van der Waals surface area contributed by atoms with Gasteiger partial charge in [0.15, 0.2) is 22.4 Å². The van der Waals surface area contributed by atoms with Crippen LogP contribution in [0.4, 0.5) is 18.3 Å². The number of benzene rings is 3. The molecule has 1 amide bonds. The number of rotatable bonds is 11. The van der Waals surface area contributed by atoms with E-state index in [0.717, 1.165) is 23.5 Å². The van der Waals surface area contributed by atoms with Gasteiger partial charge in [0.2, 0.25) is 11.7 Å². The molecule has 0 fully saturated rings. The third-order valence-corrected chi connectivity index (χ3v) is 7.70. The minimum absolute atomic E-state index is 0.0326. The topological polar surface area (TPSA) is 143 Å². The smallest absolute Gasteiger partial charge is 0.416 e. The molecule has 1 atom stereocenters. The van der Waals surface area contributed by atoms with Crippen molar-refractivity contribution in [1.29, 1.82) is 0 Å². The predicted molar refractivity (Wildman–Crippen MR) is 164 cm³/mol. The van der Waals surface area contributed by atoms with Gasteiger partial charge in [0.1, 0.15) is 12.7 Å². The summed E-state index contributed by atoms with van der Waals surface area (Å²) in [6.45, 7) is 0. The second-order valence-corrected chi connectivity index (χ2v) is 10.7. The van der Waals surface area contributed by atoms with E-state index in [1.165, 1.54) is 50.8 Å². The molecule has 2 heterocycles. The summed E-state index contributed by atoms with van der Waals surface area (Å²) >= 11 is 1.16. The third kappa shape index (κ3) is 6.84. The number of anilines is 1. The van der Waals surface area contributed by atoms with Crippen LogP contribution in [-0.2, 0) is 17.4 Å². The normalized spacial score (nSPS) is 12.0. The molecule has 0 bridgehead atoms. The van der Waals surface area contributed by atoms with Gasteiger partial charge in [-0.3, -0.25) is 9.59 Å².